The van der Waals surface area contributed by atoms with Crippen molar-refractivity contribution < 1.29 is 4.39 Å². The van der Waals surface area contributed by atoms with Gasteiger partial charge in [-0.05, 0) is 42.3 Å². The molecule has 0 fully saturated rings. The van der Waals surface area contributed by atoms with Crippen molar-refractivity contribution in [1.82, 2.24) is 9.97 Å². The second kappa shape index (κ2) is 5.96. The van der Waals surface area contributed by atoms with Crippen LogP contribution in [-0.4, -0.2) is 16.5 Å². The summed E-state index contributed by atoms with van der Waals surface area (Å²) in [7, 11) is 0. The van der Waals surface area contributed by atoms with Crippen molar-refractivity contribution >= 4 is 33.1 Å². The average molecular weight is 344 g/mol. The van der Waals surface area contributed by atoms with Gasteiger partial charge in [-0.2, -0.15) is 0 Å². The van der Waals surface area contributed by atoms with Crippen LogP contribution in [-0.2, 0) is 0 Å². The van der Waals surface area contributed by atoms with E-state index in [2.05, 4.69) is 31.2 Å². The van der Waals surface area contributed by atoms with Crippen molar-refractivity contribution in [3.8, 4) is 10.7 Å². The van der Waals surface area contributed by atoms with E-state index in [1.807, 2.05) is 19.9 Å². The molecule has 0 aromatic carbocycles. The molecule has 1 N–H and O–H groups in total. The van der Waals surface area contributed by atoms with Crippen LogP contribution in [0.25, 0.3) is 10.7 Å². The molecule has 0 saturated heterocycles. The van der Waals surface area contributed by atoms with Gasteiger partial charge < -0.3 is 5.32 Å². The number of anilines is 1. The van der Waals surface area contributed by atoms with Gasteiger partial charge in [0.15, 0.2) is 17.5 Å². The van der Waals surface area contributed by atoms with Gasteiger partial charge in [0, 0.05) is 15.9 Å². The summed E-state index contributed by atoms with van der Waals surface area (Å²) in [6.45, 7) is 6.40. The first-order chi connectivity index (χ1) is 9.02. The van der Waals surface area contributed by atoms with Crippen LogP contribution in [0.15, 0.2) is 10.5 Å². The normalized spacial score (nSPS) is 10.8. The van der Waals surface area contributed by atoms with Crippen molar-refractivity contribution in [2.45, 2.75) is 27.2 Å². The van der Waals surface area contributed by atoms with Crippen LogP contribution >= 0.6 is 27.3 Å². The second-order valence-corrected chi connectivity index (χ2v) is 6.35. The molecule has 2 rings (SSSR count). The Balaban J connectivity index is 2.43. The zero-order valence-corrected chi connectivity index (χ0v) is 13.5. The number of hydrogen-bond donors (Lipinski definition) is 1. The predicted molar refractivity (Wildman–Crippen MR) is 81.3 cm³/mol. The summed E-state index contributed by atoms with van der Waals surface area (Å²) in [6, 6.07) is 1.97. The molecule has 0 aliphatic carbocycles. The molecule has 0 radical (unpaired) electrons. The fraction of sp³-hybridized carbons (Fsp3) is 0.385. The molecule has 0 aliphatic rings. The SMILES string of the molecule is CCCNc1nc(-c2cc(Br)c(C)s2)nc(C)c1F. The van der Waals surface area contributed by atoms with E-state index in [-0.39, 0.29) is 11.6 Å². The van der Waals surface area contributed by atoms with Crippen LogP contribution in [0.3, 0.4) is 0 Å². The molecule has 0 spiro atoms. The maximum absolute atomic E-state index is 13.9. The van der Waals surface area contributed by atoms with Crippen LogP contribution < -0.4 is 5.32 Å². The van der Waals surface area contributed by atoms with Crippen molar-refractivity contribution in [3.05, 3.63) is 26.9 Å². The average Bonchev–Trinajstić information content (AvgIpc) is 2.71. The Morgan fingerprint density at radius 2 is 2.11 bits per heavy atom. The van der Waals surface area contributed by atoms with Crippen LogP contribution in [0.1, 0.15) is 23.9 Å². The lowest BCUT2D eigenvalue weighted by atomic mass is 10.3. The molecule has 102 valence electrons. The number of nitrogens with one attached hydrogen (secondary N) is 1. The molecule has 0 saturated carbocycles. The lowest BCUT2D eigenvalue weighted by Crippen LogP contribution is -2.07. The summed E-state index contributed by atoms with van der Waals surface area (Å²) in [5.74, 6) is 0.479. The van der Waals surface area contributed by atoms with Gasteiger partial charge in [-0.3, -0.25) is 0 Å². The monoisotopic (exact) mass is 343 g/mol. The third-order valence-corrected chi connectivity index (χ3v) is 4.77. The fourth-order valence-corrected chi connectivity index (χ4v) is 3.07. The van der Waals surface area contributed by atoms with E-state index in [4.69, 9.17) is 0 Å². The molecule has 2 heterocycles. The van der Waals surface area contributed by atoms with E-state index < -0.39 is 0 Å². The molecule has 19 heavy (non-hydrogen) atoms. The number of nitrogens with zero attached hydrogens (tertiary/aromatic N) is 2. The minimum Gasteiger partial charge on any atom is -0.368 e. The zero-order chi connectivity index (χ0) is 14.0. The summed E-state index contributed by atoms with van der Waals surface area (Å²) >= 11 is 5.06. The summed E-state index contributed by atoms with van der Waals surface area (Å²) in [4.78, 5) is 10.6. The van der Waals surface area contributed by atoms with E-state index in [0.29, 0.717) is 18.1 Å². The standard InChI is InChI=1S/C13H15BrFN3S/c1-4-5-16-13-11(15)7(2)17-12(18-13)10-6-9(14)8(3)19-10/h6H,4-5H2,1-3H3,(H,16,17,18). The number of aryl methyl sites for hydroxylation is 2. The number of halogens is 2. The summed E-state index contributed by atoms with van der Waals surface area (Å²) < 4.78 is 14.9. The lowest BCUT2D eigenvalue weighted by Gasteiger charge is -2.08. The molecule has 0 bridgehead atoms. The quantitative estimate of drug-likeness (QED) is 0.885. The van der Waals surface area contributed by atoms with E-state index in [0.717, 1.165) is 20.6 Å². The Kier molecular flexibility index (Phi) is 4.52. The largest absolute Gasteiger partial charge is 0.368 e. The maximum Gasteiger partial charge on any atom is 0.186 e. The van der Waals surface area contributed by atoms with Gasteiger partial charge in [0.1, 0.15) is 0 Å². The third kappa shape index (κ3) is 3.12. The lowest BCUT2D eigenvalue weighted by molar-refractivity contribution is 0.605. The topological polar surface area (TPSA) is 37.8 Å². The molecule has 2 aromatic heterocycles. The predicted octanol–water partition coefficient (Wildman–Crippen LogP) is 4.55. The first-order valence-electron chi connectivity index (χ1n) is 6.07. The first kappa shape index (κ1) is 14.4. The number of aromatic nitrogens is 2. The smallest absolute Gasteiger partial charge is 0.186 e. The number of rotatable bonds is 4. The minimum atomic E-state index is -0.371. The highest BCUT2D eigenvalue weighted by molar-refractivity contribution is 9.10. The highest BCUT2D eigenvalue weighted by Crippen LogP contribution is 2.33. The first-order valence-corrected chi connectivity index (χ1v) is 7.68. The van der Waals surface area contributed by atoms with E-state index >= 15 is 0 Å². The molecular formula is C13H15BrFN3S. The van der Waals surface area contributed by atoms with Gasteiger partial charge in [-0.1, -0.05) is 6.92 Å². The van der Waals surface area contributed by atoms with Gasteiger partial charge in [0.2, 0.25) is 0 Å². The molecule has 0 amide bonds. The summed E-state index contributed by atoms with van der Waals surface area (Å²) in [5.41, 5.74) is 0.366. The van der Waals surface area contributed by atoms with Gasteiger partial charge in [-0.25, -0.2) is 14.4 Å². The molecule has 0 unspecified atom stereocenters. The molecule has 0 atom stereocenters. The fourth-order valence-electron chi connectivity index (χ4n) is 1.60. The molecule has 6 heteroatoms. The van der Waals surface area contributed by atoms with Crippen molar-refractivity contribution in [1.29, 1.82) is 0 Å². The third-order valence-electron chi connectivity index (χ3n) is 2.64. The Labute approximate surface area is 124 Å². The van der Waals surface area contributed by atoms with E-state index in [9.17, 15) is 4.39 Å². The highest BCUT2D eigenvalue weighted by atomic mass is 79.9. The molecule has 2 aromatic rings. The minimum absolute atomic E-state index is 0.284. The van der Waals surface area contributed by atoms with Crippen LogP contribution in [0, 0.1) is 19.7 Å². The van der Waals surface area contributed by atoms with Crippen LogP contribution in [0.4, 0.5) is 10.2 Å². The maximum atomic E-state index is 13.9. The van der Waals surface area contributed by atoms with Crippen LogP contribution in [0.2, 0.25) is 0 Å². The number of thiophene rings is 1. The Morgan fingerprint density at radius 1 is 1.37 bits per heavy atom. The Bertz CT molecular complexity index is 578. The van der Waals surface area contributed by atoms with Gasteiger partial charge in [0.05, 0.1) is 10.6 Å². The van der Waals surface area contributed by atoms with Gasteiger partial charge >= 0.3 is 0 Å². The highest BCUT2D eigenvalue weighted by Gasteiger charge is 2.14. The Morgan fingerprint density at radius 3 is 2.68 bits per heavy atom. The number of hydrogen-bond acceptors (Lipinski definition) is 4. The summed E-state index contributed by atoms with van der Waals surface area (Å²) in [5, 5.41) is 3.00. The van der Waals surface area contributed by atoms with Gasteiger partial charge in [-0.15, -0.1) is 11.3 Å². The van der Waals surface area contributed by atoms with Gasteiger partial charge in [0.25, 0.3) is 0 Å². The van der Waals surface area contributed by atoms with Crippen molar-refractivity contribution in [2.24, 2.45) is 0 Å². The summed E-state index contributed by atoms with van der Waals surface area (Å²) in [6.07, 6.45) is 0.918. The van der Waals surface area contributed by atoms with Crippen LogP contribution in [0.5, 0.6) is 0 Å². The van der Waals surface area contributed by atoms with E-state index in [1.54, 1.807) is 18.3 Å². The zero-order valence-electron chi connectivity index (χ0n) is 11.1. The Hall–Kier alpha value is -1.01. The molecular weight excluding hydrogens is 329 g/mol. The van der Waals surface area contributed by atoms with Crippen molar-refractivity contribution in [3.63, 3.8) is 0 Å². The van der Waals surface area contributed by atoms with E-state index in [1.165, 1.54) is 0 Å². The second-order valence-electron chi connectivity index (χ2n) is 4.24. The molecule has 3 nitrogen and oxygen atoms in total. The van der Waals surface area contributed by atoms with Crippen molar-refractivity contribution in [2.75, 3.05) is 11.9 Å². The molecule has 0 aliphatic heterocycles.